The first kappa shape index (κ1) is 34.3. The van der Waals surface area contributed by atoms with Crippen LogP contribution in [0, 0.1) is 16.7 Å². The van der Waals surface area contributed by atoms with Crippen molar-refractivity contribution in [2.45, 2.75) is 101 Å². The van der Waals surface area contributed by atoms with E-state index in [0.717, 1.165) is 12.8 Å². The van der Waals surface area contributed by atoms with Crippen molar-refractivity contribution in [3.05, 3.63) is 130 Å². The Balaban J connectivity index is 1.89. The maximum atomic E-state index is 10.1. The average Bonchev–Trinajstić information content (AvgIpc) is 2.84. The third-order valence-electron chi connectivity index (χ3n) is 8.39. The summed E-state index contributed by atoms with van der Waals surface area (Å²) >= 11 is 0. The minimum atomic E-state index is -0.221. The summed E-state index contributed by atoms with van der Waals surface area (Å²) in [7, 11) is 0. The maximum absolute atomic E-state index is 10.1. The molecule has 0 fully saturated rings. The molecular formula is C40H56O. The molecule has 0 spiro atoms. The van der Waals surface area contributed by atoms with E-state index in [-0.39, 0.29) is 11.5 Å². The van der Waals surface area contributed by atoms with Crippen molar-refractivity contribution in [2.24, 2.45) is 16.7 Å². The first-order valence-corrected chi connectivity index (χ1v) is 15.3. The summed E-state index contributed by atoms with van der Waals surface area (Å²) in [4.78, 5) is 0. The molecule has 1 nitrogen and oxygen atoms in total. The van der Waals surface area contributed by atoms with Crippen molar-refractivity contribution in [1.82, 2.24) is 0 Å². The predicted octanol–water partition coefficient (Wildman–Crippen LogP) is 11.4. The van der Waals surface area contributed by atoms with Crippen LogP contribution in [-0.4, -0.2) is 11.2 Å². The van der Waals surface area contributed by atoms with Crippen LogP contribution < -0.4 is 0 Å². The van der Waals surface area contributed by atoms with Gasteiger partial charge in [-0.15, -0.1) is 0 Å². The summed E-state index contributed by atoms with van der Waals surface area (Å²) in [6, 6.07) is 0. The Morgan fingerprint density at radius 3 is 1.80 bits per heavy atom. The van der Waals surface area contributed by atoms with E-state index in [0.29, 0.717) is 11.3 Å². The molecule has 2 atom stereocenters. The van der Waals surface area contributed by atoms with Crippen LogP contribution in [-0.2, 0) is 0 Å². The fraction of sp³-hybridized carbons (Fsp3) is 0.450. The van der Waals surface area contributed by atoms with E-state index in [1.807, 2.05) is 0 Å². The van der Waals surface area contributed by atoms with E-state index in [9.17, 15) is 5.11 Å². The van der Waals surface area contributed by atoms with Gasteiger partial charge in [0, 0.05) is 5.92 Å². The molecule has 0 heterocycles. The van der Waals surface area contributed by atoms with Gasteiger partial charge in [0.1, 0.15) is 0 Å². The van der Waals surface area contributed by atoms with Gasteiger partial charge in [-0.1, -0.05) is 152 Å². The predicted molar refractivity (Wildman–Crippen MR) is 183 cm³/mol. The fourth-order valence-electron chi connectivity index (χ4n) is 5.97. The number of aliphatic hydroxyl groups excluding tert-OH is 1. The number of aliphatic hydroxyl groups is 1. The highest BCUT2D eigenvalue weighted by molar-refractivity contribution is 5.38. The van der Waals surface area contributed by atoms with Crippen LogP contribution in [0.4, 0.5) is 0 Å². The van der Waals surface area contributed by atoms with E-state index in [2.05, 4.69) is 160 Å². The third-order valence-corrected chi connectivity index (χ3v) is 8.39. The Labute approximate surface area is 252 Å². The molecule has 0 amide bonds. The zero-order valence-electron chi connectivity index (χ0n) is 27.6. The second-order valence-electron chi connectivity index (χ2n) is 13.5. The second-order valence-corrected chi connectivity index (χ2v) is 13.5. The van der Waals surface area contributed by atoms with E-state index >= 15 is 0 Å². The Bertz CT molecular complexity index is 1240. The number of allylic oxidation sites excluding steroid dienone is 21. The van der Waals surface area contributed by atoms with Crippen molar-refractivity contribution in [3.63, 3.8) is 0 Å². The molecular weight excluding hydrogens is 496 g/mol. The third kappa shape index (κ3) is 11.9. The molecule has 0 aromatic heterocycles. The molecule has 0 unspecified atom stereocenters. The Kier molecular flexibility index (Phi) is 13.3. The summed E-state index contributed by atoms with van der Waals surface area (Å²) in [6.07, 6.45) is 36.6. The quantitative estimate of drug-likeness (QED) is 0.211. The lowest BCUT2D eigenvalue weighted by molar-refractivity contribution is 0.116. The first-order chi connectivity index (χ1) is 19.2. The van der Waals surface area contributed by atoms with E-state index in [4.69, 9.17) is 0 Å². The molecule has 2 aliphatic rings. The summed E-state index contributed by atoms with van der Waals surface area (Å²) in [5.41, 5.74) is 9.40. The van der Waals surface area contributed by atoms with Crippen LogP contribution in [0.15, 0.2) is 130 Å². The molecule has 41 heavy (non-hydrogen) atoms. The van der Waals surface area contributed by atoms with Crippen molar-refractivity contribution in [1.29, 1.82) is 0 Å². The lowest BCUT2D eigenvalue weighted by atomic mass is 9.68. The van der Waals surface area contributed by atoms with Crippen molar-refractivity contribution < 1.29 is 5.11 Å². The smallest absolute Gasteiger partial charge is 0.0585 e. The van der Waals surface area contributed by atoms with E-state index in [1.165, 1.54) is 51.9 Å². The standard InChI is InChI=1S/C40H56O/c1-30(18-13-20-32(3)23-25-37-34(5)22-15-27-39(37,7)8)16-11-12-17-31(2)19-14-21-33(4)24-26-38-35(6)28-36(41)29-40(38,9)10/h11-14,16-26,36-37,41H,15,27-29H2,1-10H3/b12-11?,18-13+,19-14?,25-23+,26-24?,30-16?,31-17?,32-20+,33-21?/t36-,37+/m1/s1. The summed E-state index contributed by atoms with van der Waals surface area (Å²) in [5, 5.41) is 10.1. The largest absolute Gasteiger partial charge is 0.393 e. The van der Waals surface area contributed by atoms with Gasteiger partial charge in [0.05, 0.1) is 6.10 Å². The molecule has 1 heteroatoms. The summed E-state index contributed by atoms with van der Waals surface area (Å²) < 4.78 is 0. The molecule has 0 aliphatic heterocycles. The Hall–Kier alpha value is -2.90. The van der Waals surface area contributed by atoms with Crippen molar-refractivity contribution in [2.75, 3.05) is 0 Å². The highest BCUT2D eigenvalue weighted by Gasteiger charge is 2.31. The lowest BCUT2D eigenvalue weighted by Gasteiger charge is -2.36. The number of rotatable bonds is 10. The Morgan fingerprint density at radius 1 is 0.756 bits per heavy atom. The molecule has 0 aromatic rings. The minimum Gasteiger partial charge on any atom is -0.393 e. The SMILES string of the molecule is CC(C=CC=C(C)C=CC1=C(C)C[C@@H](O)CC1(C)C)=CC=CC=C(C)/C=C/C=C(C)/C=C/[C@H]1C(C)=CCCC1(C)C. The van der Waals surface area contributed by atoms with Crippen LogP contribution in [0.25, 0.3) is 0 Å². The minimum absolute atomic E-state index is 0.0126. The van der Waals surface area contributed by atoms with Crippen LogP contribution in [0.2, 0.25) is 0 Å². The first-order valence-electron chi connectivity index (χ1n) is 15.3. The topological polar surface area (TPSA) is 20.2 Å². The molecule has 0 saturated carbocycles. The maximum Gasteiger partial charge on any atom is 0.0585 e. The molecule has 0 aromatic carbocycles. The van der Waals surface area contributed by atoms with E-state index in [1.54, 1.807) is 0 Å². The van der Waals surface area contributed by atoms with Gasteiger partial charge in [-0.2, -0.15) is 0 Å². The average molecular weight is 553 g/mol. The van der Waals surface area contributed by atoms with Gasteiger partial charge < -0.3 is 5.11 Å². The molecule has 2 rings (SSSR count). The van der Waals surface area contributed by atoms with Crippen LogP contribution in [0.5, 0.6) is 0 Å². The van der Waals surface area contributed by atoms with Gasteiger partial charge in [-0.25, -0.2) is 0 Å². The van der Waals surface area contributed by atoms with Crippen molar-refractivity contribution >= 4 is 0 Å². The van der Waals surface area contributed by atoms with Gasteiger partial charge in [-0.05, 0) is 83.6 Å². The Morgan fingerprint density at radius 2 is 1.27 bits per heavy atom. The zero-order chi connectivity index (χ0) is 30.6. The van der Waals surface area contributed by atoms with Gasteiger partial charge in [0.2, 0.25) is 0 Å². The zero-order valence-corrected chi connectivity index (χ0v) is 27.6. The van der Waals surface area contributed by atoms with Gasteiger partial charge >= 0.3 is 0 Å². The van der Waals surface area contributed by atoms with Crippen LogP contribution >= 0.6 is 0 Å². The molecule has 0 saturated heterocycles. The monoisotopic (exact) mass is 552 g/mol. The highest BCUT2D eigenvalue weighted by Crippen LogP contribution is 2.42. The van der Waals surface area contributed by atoms with E-state index < -0.39 is 0 Å². The highest BCUT2D eigenvalue weighted by atomic mass is 16.3. The molecule has 0 bridgehead atoms. The molecule has 2 aliphatic carbocycles. The number of hydrogen-bond donors (Lipinski definition) is 1. The van der Waals surface area contributed by atoms with Gasteiger partial charge in [0.15, 0.2) is 0 Å². The van der Waals surface area contributed by atoms with Gasteiger partial charge in [0.25, 0.3) is 0 Å². The van der Waals surface area contributed by atoms with Gasteiger partial charge in [-0.3, -0.25) is 0 Å². The summed E-state index contributed by atoms with van der Waals surface area (Å²) in [5.74, 6) is 0.524. The normalized spacial score (nSPS) is 25.1. The fourth-order valence-corrected chi connectivity index (χ4v) is 5.97. The second kappa shape index (κ2) is 15.9. The molecule has 0 radical (unpaired) electrons. The van der Waals surface area contributed by atoms with Crippen LogP contribution in [0.3, 0.4) is 0 Å². The summed E-state index contributed by atoms with van der Waals surface area (Å²) in [6.45, 7) is 22.2. The molecule has 1 N–H and O–H groups in total. The van der Waals surface area contributed by atoms with Crippen LogP contribution in [0.1, 0.15) is 94.9 Å². The number of hydrogen-bond acceptors (Lipinski definition) is 1. The lowest BCUT2D eigenvalue weighted by Crippen LogP contribution is -2.28. The van der Waals surface area contributed by atoms with Crippen molar-refractivity contribution in [3.8, 4) is 0 Å². The molecule has 222 valence electrons.